The van der Waals surface area contributed by atoms with Crippen LogP contribution in [0, 0.1) is 10.1 Å². The summed E-state index contributed by atoms with van der Waals surface area (Å²) >= 11 is 0. The minimum atomic E-state index is -3.97. The number of rotatable bonds is 5. The molecule has 2 heterocycles. The van der Waals surface area contributed by atoms with Crippen molar-refractivity contribution in [3.8, 4) is 11.3 Å². The largest absolute Gasteiger partial charge is 0.306 e. The summed E-state index contributed by atoms with van der Waals surface area (Å²) in [6.45, 7) is 0. The van der Waals surface area contributed by atoms with E-state index in [4.69, 9.17) is 0 Å². The number of nitro groups is 1. The number of nitrogens with zero attached hydrogens (tertiary/aromatic N) is 3. The lowest BCUT2D eigenvalue weighted by atomic mass is 10.1. The smallest absolute Gasteiger partial charge is 0.270 e. The van der Waals surface area contributed by atoms with Crippen LogP contribution in [-0.2, 0) is 10.0 Å². The Balaban J connectivity index is 1.66. The summed E-state index contributed by atoms with van der Waals surface area (Å²) in [4.78, 5) is 14.6. The molecule has 4 rings (SSSR count). The van der Waals surface area contributed by atoms with Gasteiger partial charge >= 0.3 is 0 Å². The number of aromatic nitrogens is 2. The van der Waals surface area contributed by atoms with Crippen LogP contribution in [-0.4, -0.2) is 22.7 Å². The van der Waals surface area contributed by atoms with E-state index < -0.39 is 14.9 Å². The molecule has 0 unspecified atom stereocenters. The molecule has 4 aromatic rings. The van der Waals surface area contributed by atoms with Crippen molar-refractivity contribution < 1.29 is 13.3 Å². The van der Waals surface area contributed by atoms with E-state index >= 15 is 0 Å². The Labute approximate surface area is 160 Å². The molecule has 0 radical (unpaired) electrons. The normalized spacial score (nSPS) is 11.4. The minimum Gasteiger partial charge on any atom is -0.306 e. The van der Waals surface area contributed by atoms with E-state index in [-0.39, 0.29) is 10.6 Å². The Morgan fingerprint density at radius 1 is 1.00 bits per heavy atom. The van der Waals surface area contributed by atoms with Crippen molar-refractivity contribution in [3.63, 3.8) is 0 Å². The lowest BCUT2D eigenvalue weighted by Crippen LogP contribution is -2.13. The second-order valence-electron chi connectivity index (χ2n) is 6.03. The van der Waals surface area contributed by atoms with E-state index in [2.05, 4.69) is 9.71 Å². The molecule has 0 amide bonds. The van der Waals surface area contributed by atoms with E-state index in [9.17, 15) is 18.5 Å². The van der Waals surface area contributed by atoms with E-state index in [1.165, 1.54) is 18.2 Å². The number of fused-ring (bicyclic) bond motifs is 1. The monoisotopic (exact) mass is 394 g/mol. The van der Waals surface area contributed by atoms with Crippen LogP contribution in [0.25, 0.3) is 16.9 Å². The summed E-state index contributed by atoms with van der Waals surface area (Å²) in [5.41, 5.74) is 2.26. The van der Waals surface area contributed by atoms with Gasteiger partial charge in [-0.05, 0) is 30.3 Å². The Kier molecular flexibility index (Phi) is 4.28. The van der Waals surface area contributed by atoms with Gasteiger partial charge in [0.05, 0.1) is 15.5 Å². The Bertz CT molecular complexity index is 1270. The van der Waals surface area contributed by atoms with Crippen LogP contribution in [0.3, 0.4) is 0 Å². The molecule has 0 fully saturated rings. The number of pyridine rings is 1. The SMILES string of the molecule is O=[N+]([O-])c1cccc(S(=O)(=O)Nc2cccc(-c3cn4ccccc4n3)c2)c1. The lowest BCUT2D eigenvalue weighted by Gasteiger charge is -2.09. The lowest BCUT2D eigenvalue weighted by molar-refractivity contribution is -0.385. The first-order valence-corrected chi connectivity index (χ1v) is 9.72. The van der Waals surface area contributed by atoms with Crippen molar-refractivity contribution >= 4 is 27.0 Å². The highest BCUT2D eigenvalue weighted by molar-refractivity contribution is 7.92. The number of benzene rings is 2. The predicted molar refractivity (Wildman–Crippen MR) is 105 cm³/mol. The molecule has 2 aromatic carbocycles. The first kappa shape index (κ1) is 17.7. The highest BCUT2D eigenvalue weighted by Crippen LogP contribution is 2.25. The molecule has 140 valence electrons. The molecule has 0 saturated heterocycles. The zero-order chi connectivity index (χ0) is 19.7. The second kappa shape index (κ2) is 6.78. The summed E-state index contributed by atoms with van der Waals surface area (Å²) in [6, 6.07) is 17.4. The molecule has 9 heteroatoms. The summed E-state index contributed by atoms with van der Waals surface area (Å²) in [5.74, 6) is 0. The fourth-order valence-corrected chi connectivity index (χ4v) is 3.88. The molecule has 0 spiro atoms. The third-order valence-electron chi connectivity index (χ3n) is 4.11. The number of anilines is 1. The van der Waals surface area contributed by atoms with E-state index in [1.54, 1.807) is 18.2 Å². The third kappa shape index (κ3) is 3.42. The summed E-state index contributed by atoms with van der Waals surface area (Å²) < 4.78 is 29.6. The maximum Gasteiger partial charge on any atom is 0.270 e. The molecule has 0 bridgehead atoms. The van der Waals surface area contributed by atoms with Gasteiger partial charge in [-0.25, -0.2) is 13.4 Å². The van der Waals surface area contributed by atoms with Gasteiger partial charge in [0.25, 0.3) is 15.7 Å². The molecule has 0 aliphatic carbocycles. The van der Waals surface area contributed by atoms with Crippen molar-refractivity contribution in [2.45, 2.75) is 4.90 Å². The maximum absolute atomic E-state index is 12.6. The van der Waals surface area contributed by atoms with Crippen molar-refractivity contribution in [1.82, 2.24) is 9.38 Å². The van der Waals surface area contributed by atoms with Crippen molar-refractivity contribution in [3.05, 3.63) is 89.2 Å². The molecule has 0 aliphatic heterocycles. The molecule has 0 atom stereocenters. The summed E-state index contributed by atoms with van der Waals surface area (Å²) in [7, 11) is -3.97. The van der Waals surface area contributed by atoms with Crippen LogP contribution in [0.4, 0.5) is 11.4 Å². The molecule has 0 saturated carbocycles. The molecule has 1 N–H and O–H groups in total. The predicted octanol–water partition coefficient (Wildman–Crippen LogP) is 3.71. The molecule has 2 aromatic heterocycles. The fraction of sp³-hybridized carbons (Fsp3) is 0. The molecule has 8 nitrogen and oxygen atoms in total. The maximum atomic E-state index is 12.6. The topological polar surface area (TPSA) is 107 Å². The van der Waals surface area contributed by atoms with Gasteiger partial charge in [0.1, 0.15) is 5.65 Å². The van der Waals surface area contributed by atoms with E-state index in [0.29, 0.717) is 11.4 Å². The zero-order valence-corrected chi connectivity index (χ0v) is 15.2. The first-order valence-electron chi connectivity index (χ1n) is 8.24. The molecule has 28 heavy (non-hydrogen) atoms. The van der Waals surface area contributed by atoms with Gasteiger partial charge in [0.15, 0.2) is 0 Å². The van der Waals surface area contributed by atoms with Crippen LogP contribution in [0.5, 0.6) is 0 Å². The van der Waals surface area contributed by atoms with E-state index in [1.807, 2.05) is 41.1 Å². The Morgan fingerprint density at radius 2 is 1.82 bits per heavy atom. The Hall–Kier alpha value is -3.72. The molecule has 0 aliphatic rings. The van der Waals surface area contributed by atoms with Crippen LogP contribution in [0.1, 0.15) is 0 Å². The third-order valence-corrected chi connectivity index (χ3v) is 5.49. The van der Waals surface area contributed by atoms with Gasteiger partial charge in [-0.3, -0.25) is 14.8 Å². The van der Waals surface area contributed by atoms with Crippen LogP contribution >= 0.6 is 0 Å². The van der Waals surface area contributed by atoms with Crippen molar-refractivity contribution in [2.24, 2.45) is 0 Å². The van der Waals surface area contributed by atoms with Gasteiger partial charge in [0.2, 0.25) is 0 Å². The molecular formula is C19H14N4O4S. The standard InChI is InChI=1S/C19H14N4O4S/c24-23(25)16-7-4-8-17(12-16)28(26,27)21-15-6-3-5-14(11-15)18-13-22-10-2-1-9-19(22)20-18/h1-13,21H. The van der Waals surface area contributed by atoms with E-state index in [0.717, 1.165) is 17.3 Å². The highest BCUT2D eigenvalue weighted by Gasteiger charge is 2.18. The highest BCUT2D eigenvalue weighted by atomic mass is 32.2. The van der Waals surface area contributed by atoms with Crippen LogP contribution < -0.4 is 4.72 Å². The van der Waals surface area contributed by atoms with Crippen LogP contribution in [0.2, 0.25) is 0 Å². The van der Waals surface area contributed by atoms with Gasteiger partial charge in [-0.1, -0.05) is 24.3 Å². The fourth-order valence-electron chi connectivity index (χ4n) is 2.79. The number of imidazole rings is 1. The average molecular weight is 394 g/mol. The first-order chi connectivity index (χ1) is 13.4. The Morgan fingerprint density at radius 3 is 2.61 bits per heavy atom. The number of hydrogen-bond acceptors (Lipinski definition) is 5. The van der Waals surface area contributed by atoms with Crippen LogP contribution in [0.15, 0.2) is 84.0 Å². The number of sulfonamides is 1. The van der Waals surface area contributed by atoms with Gasteiger partial charge in [0, 0.05) is 35.8 Å². The van der Waals surface area contributed by atoms with Crippen molar-refractivity contribution in [1.29, 1.82) is 0 Å². The second-order valence-corrected chi connectivity index (χ2v) is 7.72. The zero-order valence-electron chi connectivity index (χ0n) is 14.4. The van der Waals surface area contributed by atoms with Crippen molar-refractivity contribution in [2.75, 3.05) is 4.72 Å². The van der Waals surface area contributed by atoms with Gasteiger partial charge in [-0.15, -0.1) is 0 Å². The minimum absolute atomic E-state index is 0.181. The van der Waals surface area contributed by atoms with Gasteiger partial charge in [-0.2, -0.15) is 0 Å². The number of nitro benzene ring substituents is 1. The number of non-ortho nitro benzene ring substituents is 1. The average Bonchev–Trinajstić information content (AvgIpc) is 3.12. The van der Waals surface area contributed by atoms with Gasteiger partial charge < -0.3 is 4.40 Å². The quantitative estimate of drug-likeness (QED) is 0.410. The number of hydrogen-bond donors (Lipinski definition) is 1. The number of nitrogens with one attached hydrogen (secondary N) is 1. The molecular weight excluding hydrogens is 380 g/mol. The summed E-state index contributed by atoms with van der Waals surface area (Å²) in [6.07, 6.45) is 3.73. The summed E-state index contributed by atoms with van der Waals surface area (Å²) in [5, 5.41) is 10.9.